The highest BCUT2D eigenvalue weighted by Crippen LogP contribution is 2.28. The lowest BCUT2D eigenvalue weighted by atomic mass is 10.4. The van der Waals surface area contributed by atoms with Gasteiger partial charge in [-0.05, 0) is 28.1 Å². The van der Waals surface area contributed by atoms with Crippen molar-refractivity contribution in [3.63, 3.8) is 0 Å². The van der Waals surface area contributed by atoms with Crippen LogP contribution in [0.15, 0.2) is 20.1 Å². The second-order valence-corrected chi connectivity index (χ2v) is 9.45. The van der Waals surface area contributed by atoms with E-state index >= 15 is 0 Å². The summed E-state index contributed by atoms with van der Waals surface area (Å²) in [6.07, 6.45) is 0.189. The molecule has 0 saturated carbocycles. The van der Waals surface area contributed by atoms with Gasteiger partial charge in [0.1, 0.15) is 4.21 Å². The van der Waals surface area contributed by atoms with Crippen molar-refractivity contribution in [2.45, 2.75) is 10.6 Å². The Hall–Kier alpha value is -0.500. The van der Waals surface area contributed by atoms with Crippen LogP contribution in [0.1, 0.15) is 6.42 Å². The zero-order valence-electron chi connectivity index (χ0n) is 12.1. The van der Waals surface area contributed by atoms with E-state index in [9.17, 15) is 8.42 Å². The molecule has 1 aromatic rings. The minimum Gasteiger partial charge on any atom is -0.379 e. The lowest BCUT2D eigenvalue weighted by Crippen LogP contribution is -2.43. The highest BCUT2D eigenvalue weighted by molar-refractivity contribution is 9.11. The molecule has 1 aliphatic rings. The first-order chi connectivity index (χ1) is 10.5. The van der Waals surface area contributed by atoms with E-state index in [0.717, 1.165) is 16.9 Å². The van der Waals surface area contributed by atoms with Crippen molar-refractivity contribution < 1.29 is 13.2 Å². The third-order valence-corrected chi connectivity index (χ3v) is 7.37. The van der Waals surface area contributed by atoms with E-state index in [1.807, 2.05) is 6.07 Å². The number of hydrogen-bond donors (Lipinski definition) is 0. The number of halogens is 1. The van der Waals surface area contributed by atoms with Crippen LogP contribution in [0.2, 0.25) is 0 Å². The van der Waals surface area contributed by atoms with Crippen LogP contribution in [0.4, 0.5) is 0 Å². The van der Waals surface area contributed by atoms with Crippen molar-refractivity contribution in [2.24, 2.45) is 0 Å². The number of sulfonamides is 1. The maximum absolute atomic E-state index is 12.7. The summed E-state index contributed by atoms with van der Waals surface area (Å²) in [6, 6.07) is 5.34. The van der Waals surface area contributed by atoms with Gasteiger partial charge in [0.25, 0.3) is 10.0 Å². The number of hydrogen-bond acceptors (Lipinski definition) is 6. The summed E-state index contributed by atoms with van der Waals surface area (Å²) in [5.74, 6) is 0. The highest BCUT2D eigenvalue weighted by atomic mass is 79.9. The van der Waals surface area contributed by atoms with Crippen LogP contribution in [0.25, 0.3) is 0 Å². The Morgan fingerprint density at radius 1 is 1.36 bits per heavy atom. The van der Waals surface area contributed by atoms with Crippen LogP contribution in [0, 0.1) is 11.3 Å². The molecular formula is C13H18BrN3O3S2. The van der Waals surface area contributed by atoms with Gasteiger partial charge in [-0.1, -0.05) is 0 Å². The van der Waals surface area contributed by atoms with Crippen molar-refractivity contribution in [2.75, 3.05) is 45.9 Å². The largest absolute Gasteiger partial charge is 0.379 e. The minimum atomic E-state index is -3.54. The van der Waals surface area contributed by atoms with Crippen LogP contribution in [-0.2, 0) is 14.8 Å². The summed E-state index contributed by atoms with van der Waals surface area (Å²) in [7, 11) is -3.54. The van der Waals surface area contributed by atoms with Crippen molar-refractivity contribution in [3.05, 3.63) is 15.9 Å². The fourth-order valence-electron chi connectivity index (χ4n) is 2.17. The first-order valence-corrected chi connectivity index (χ1v) is 10.0. The number of ether oxygens (including phenoxy) is 1. The smallest absolute Gasteiger partial charge is 0.252 e. The lowest BCUT2D eigenvalue weighted by molar-refractivity contribution is 0.0363. The molecule has 0 amide bonds. The first-order valence-electron chi connectivity index (χ1n) is 6.96. The molecule has 9 heteroatoms. The van der Waals surface area contributed by atoms with E-state index in [1.165, 1.54) is 15.6 Å². The summed E-state index contributed by atoms with van der Waals surface area (Å²) in [6.45, 7) is 4.26. The van der Waals surface area contributed by atoms with E-state index in [-0.39, 0.29) is 13.0 Å². The van der Waals surface area contributed by atoms with Crippen LogP contribution in [-0.4, -0.2) is 63.6 Å². The molecule has 1 saturated heterocycles. The van der Waals surface area contributed by atoms with Crippen LogP contribution in [0.5, 0.6) is 0 Å². The molecule has 122 valence electrons. The van der Waals surface area contributed by atoms with E-state index in [4.69, 9.17) is 10.00 Å². The molecule has 1 aliphatic heterocycles. The normalized spacial score (nSPS) is 16.8. The van der Waals surface area contributed by atoms with Crippen molar-refractivity contribution >= 4 is 37.3 Å². The van der Waals surface area contributed by atoms with E-state index in [2.05, 4.69) is 20.8 Å². The van der Waals surface area contributed by atoms with Gasteiger partial charge in [0.15, 0.2) is 0 Å². The molecule has 0 aromatic carbocycles. The van der Waals surface area contributed by atoms with Crippen molar-refractivity contribution in [3.8, 4) is 6.07 Å². The standard InChI is InChI=1S/C13H18BrN3O3S2/c14-12-2-3-13(21-12)22(18,19)17(5-1-4-15)7-6-16-8-10-20-11-9-16/h2-3H,1,5-11H2. The van der Waals surface area contributed by atoms with Gasteiger partial charge in [-0.3, -0.25) is 4.90 Å². The van der Waals surface area contributed by atoms with Gasteiger partial charge in [0.05, 0.1) is 23.1 Å². The minimum absolute atomic E-state index is 0.189. The SMILES string of the molecule is N#CCCN(CCN1CCOCC1)S(=O)(=O)c1ccc(Br)s1. The summed E-state index contributed by atoms with van der Waals surface area (Å²) in [4.78, 5) is 2.18. The number of nitrogens with zero attached hydrogens (tertiary/aromatic N) is 3. The fourth-order valence-corrected chi connectivity index (χ4v) is 5.76. The molecule has 22 heavy (non-hydrogen) atoms. The van der Waals surface area contributed by atoms with Gasteiger partial charge in [0.2, 0.25) is 0 Å². The Labute approximate surface area is 143 Å². The fraction of sp³-hybridized carbons (Fsp3) is 0.615. The average Bonchev–Trinajstić information content (AvgIpc) is 2.95. The van der Waals surface area contributed by atoms with Gasteiger partial charge in [0, 0.05) is 39.1 Å². The maximum atomic E-state index is 12.7. The van der Waals surface area contributed by atoms with Gasteiger partial charge >= 0.3 is 0 Å². The molecule has 2 heterocycles. The lowest BCUT2D eigenvalue weighted by Gasteiger charge is -2.29. The zero-order chi connectivity index (χ0) is 16.0. The molecule has 2 rings (SSSR count). The summed E-state index contributed by atoms with van der Waals surface area (Å²) in [5.41, 5.74) is 0. The molecule has 0 radical (unpaired) electrons. The van der Waals surface area contributed by atoms with Gasteiger partial charge < -0.3 is 4.74 Å². The molecule has 0 spiro atoms. The topological polar surface area (TPSA) is 73.6 Å². The summed E-state index contributed by atoms with van der Waals surface area (Å²) >= 11 is 4.48. The quantitative estimate of drug-likeness (QED) is 0.687. The van der Waals surface area contributed by atoms with Gasteiger partial charge in [-0.25, -0.2) is 8.42 Å². The monoisotopic (exact) mass is 407 g/mol. The molecule has 6 nitrogen and oxygen atoms in total. The molecule has 0 atom stereocenters. The van der Waals surface area contributed by atoms with Gasteiger partial charge in [-0.2, -0.15) is 9.57 Å². The van der Waals surface area contributed by atoms with Crippen molar-refractivity contribution in [1.82, 2.24) is 9.21 Å². The molecular weight excluding hydrogens is 390 g/mol. The molecule has 0 unspecified atom stereocenters. The highest BCUT2D eigenvalue weighted by Gasteiger charge is 2.26. The van der Waals surface area contributed by atoms with Crippen LogP contribution in [0.3, 0.4) is 0 Å². The molecule has 0 N–H and O–H groups in total. The van der Waals surface area contributed by atoms with E-state index < -0.39 is 10.0 Å². The van der Waals surface area contributed by atoms with Gasteiger partial charge in [-0.15, -0.1) is 11.3 Å². The molecule has 0 bridgehead atoms. The Bertz CT molecular complexity index is 621. The van der Waals surface area contributed by atoms with Crippen LogP contribution >= 0.6 is 27.3 Å². The Morgan fingerprint density at radius 3 is 2.68 bits per heavy atom. The number of thiophene rings is 1. The number of nitriles is 1. The second-order valence-electron chi connectivity index (χ2n) is 4.82. The Kier molecular flexibility index (Phi) is 6.80. The summed E-state index contributed by atoms with van der Waals surface area (Å²) in [5, 5.41) is 8.77. The second kappa shape index (κ2) is 8.38. The zero-order valence-corrected chi connectivity index (χ0v) is 15.3. The summed E-state index contributed by atoms with van der Waals surface area (Å²) < 4.78 is 33.2. The first kappa shape index (κ1) is 17.8. The maximum Gasteiger partial charge on any atom is 0.252 e. The predicted molar refractivity (Wildman–Crippen MR) is 88.3 cm³/mol. The van der Waals surface area contributed by atoms with Crippen molar-refractivity contribution in [1.29, 1.82) is 5.26 Å². The molecule has 1 fully saturated rings. The third-order valence-electron chi connectivity index (χ3n) is 3.39. The Morgan fingerprint density at radius 2 is 2.09 bits per heavy atom. The average molecular weight is 408 g/mol. The molecule has 0 aliphatic carbocycles. The number of morpholine rings is 1. The predicted octanol–water partition coefficient (Wildman–Crippen LogP) is 1.75. The third kappa shape index (κ3) is 4.75. The van der Waals surface area contributed by atoms with E-state index in [0.29, 0.717) is 30.5 Å². The Balaban J connectivity index is 2.05. The van der Waals surface area contributed by atoms with Crippen LogP contribution < -0.4 is 0 Å². The molecule has 1 aromatic heterocycles. The van der Waals surface area contributed by atoms with E-state index in [1.54, 1.807) is 12.1 Å². The number of rotatable bonds is 7.